The third-order valence-corrected chi connectivity index (χ3v) is 6.60. The molecule has 8 nitrogen and oxygen atoms in total. The number of thiophene rings is 1. The highest BCUT2D eigenvalue weighted by Gasteiger charge is 2.25. The molecule has 33 heavy (non-hydrogen) atoms. The van der Waals surface area contributed by atoms with Crippen molar-refractivity contribution in [2.24, 2.45) is 0 Å². The van der Waals surface area contributed by atoms with Gasteiger partial charge in [-0.25, -0.2) is 9.97 Å². The molecular formula is C24H24N4O4S. The number of rotatable bonds is 7. The lowest BCUT2D eigenvalue weighted by molar-refractivity contribution is -0.132. The van der Waals surface area contributed by atoms with Gasteiger partial charge in [-0.15, -0.1) is 11.3 Å². The Hall–Kier alpha value is -3.30. The van der Waals surface area contributed by atoms with E-state index >= 15 is 0 Å². The molecule has 0 bridgehead atoms. The van der Waals surface area contributed by atoms with Crippen LogP contribution < -0.4 is 5.56 Å². The molecule has 0 aliphatic carbocycles. The molecule has 0 saturated carbocycles. The van der Waals surface area contributed by atoms with E-state index in [9.17, 15) is 9.59 Å². The van der Waals surface area contributed by atoms with E-state index in [4.69, 9.17) is 9.15 Å². The van der Waals surface area contributed by atoms with Gasteiger partial charge in [0.05, 0.1) is 40.5 Å². The molecule has 3 aromatic heterocycles. The molecule has 0 radical (unpaired) electrons. The molecule has 1 atom stereocenters. The van der Waals surface area contributed by atoms with E-state index < -0.39 is 0 Å². The monoisotopic (exact) mass is 464 g/mol. The summed E-state index contributed by atoms with van der Waals surface area (Å²) in [5.41, 5.74) is 1.00. The number of carbonyl (C=O) groups excluding carboxylic acids is 1. The van der Waals surface area contributed by atoms with Crippen LogP contribution in [0.5, 0.6) is 0 Å². The number of hydrogen-bond donors (Lipinski definition) is 1. The van der Waals surface area contributed by atoms with Crippen LogP contribution in [0.1, 0.15) is 30.1 Å². The van der Waals surface area contributed by atoms with Crippen molar-refractivity contribution >= 4 is 28.1 Å². The van der Waals surface area contributed by atoms with Gasteiger partial charge < -0.3 is 19.0 Å². The zero-order chi connectivity index (χ0) is 22.8. The highest BCUT2D eigenvalue weighted by atomic mass is 32.1. The Morgan fingerprint density at radius 1 is 1.24 bits per heavy atom. The third kappa shape index (κ3) is 4.74. The summed E-state index contributed by atoms with van der Waals surface area (Å²) in [5.74, 6) is 1.48. The molecule has 4 aromatic rings. The van der Waals surface area contributed by atoms with E-state index in [0.717, 1.165) is 17.7 Å². The Kier molecular flexibility index (Phi) is 6.06. The highest BCUT2D eigenvalue weighted by molar-refractivity contribution is 7.13. The van der Waals surface area contributed by atoms with Gasteiger partial charge in [0.2, 0.25) is 11.8 Å². The lowest BCUT2D eigenvalue weighted by atomic mass is 10.2. The molecule has 170 valence electrons. The van der Waals surface area contributed by atoms with Crippen LogP contribution in [-0.2, 0) is 22.5 Å². The van der Waals surface area contributed by atoms with Crippen LogP contribution in [-0.4, -0.2) is 45.0 Å². The van der Waals surface area contributed by atoms with Crippen molar-refractivity contribution in [3.05, 3.63) is 69.4 Å². The summed E-state index contributed by atoms with van der Waals surface area (Å²) in [6.07, 6.45) is 1.95. The fraction of sp³-hybridized carbons (Fsp3) is 0.333. The van der Waals surface area contributed by atoms with Crippen molar-refractivity contribution < 1.29 is 13.9 Å². The first-order valence-corrected chi connectivity index (χ1v) is 11.8. The van der Waals surface area contributed by atoms with Crippen LogP contribution in [0.3, 0.4) is 0 Å². The minimum atomic E-state index is -0.215. The number of fused-ring (bicyclic) bond motifs is 1. The summed E-state index contributed by atoms with van der Waals surface area (Å²) < 4.78 is 11.6. The maximum absolute atomic E-state index is 13.4. The molecule has 0 unspecified atom stereocenters. The standard InChI is InChI=1S/C24H24N4O4S/c1-15-19(26-24(32-15)20-9-5-11-33-20)12-22(29)28(13-16-6-4-10-31-16)14-21-25-18-8-3-2-7-17(18)23(30)27-21/h2-3,5,7-9,11,16H,4,6,10,12-14H2,1H3,(H,25,27,30)/t16-/m0/s1. The first-order valence-electron chi connectivity index (χ1n) is 10.9. The zero-order valence-corrected chi connectivity index (χ0v) is 19.1. The van der Waals surface area contributed by atoms with E-state index in [1.165, 1.54) is 11.3 Å². The molecular weight excluding hydrogens is 440 g/mol. The number of benzene rings is 1. The SMILES string of the molecule is Cc1oc(-c2cccs2)nc1CC(=O)N(Cc1nc2ccccc2c(=O)[nH]1)C[C@@H]1CCCO1. The number of para-hydroxylation sites is 1. The van der Waals surface area contributed by atoms with Gasteiger partial charge in [-0.2, -0.15) is 0 Å². The second-order valence-electron chi connectivity index (χ2n) is 8.12. The molecule has 1 fully saturated rings. The van der Waals surface area contributed by atoms with Gasteiger partial charge in [-0.1, -0.05) is 18.2 Å². The molecule has 4 heterocycles. The van der Waals surface area contributed by atoms with Crippen LogP contribution >= 0.6 is 11.3 Å². The number of oxazole rings is 1. The first-order chi connectivity index (χ1) is 16.1. The van der Waals surface area contributed by atoms with E-state index in [2.05, 4.69) is 15.0 Å². The van der Waals surface area contributed by atoms with Crippen LogP contribution in [0.25, 0.3) is 21.7 Å². The van der Waals surface area contributed by atoms with E-state index in [1.54, 1.807) is 23.1 Å². The normalized spacial score (nSPS) is 15.8. The number of ether oxygens (including phenoxy) is 1. The van der Waals surface area contributed by atoms with Crippen LogP contribution in [0, 0.1) is 6.92 Å². The third-order valence-electron chi connectivity index (χ3n) is 5.75. The van der Waals surface area contributed by atoms with Crippen molar-refractivity contribution in [2.75, 3.05) is 13.2 Å². The number of aromatic nitrogens is 3. The lowest BCUT2D eigenvalue weighted by Gasteiger charge is -2.25. The summed E-state index contributed by atoms with van der Waals surface area (Å²) in [4.78, 5) is 40.4. The number of aromatic amines is 1. The number of nitrogens with zero attached hydrogens (tertiary/aromatic N) is 3. The number of amides is 1. The van der Waals surface area contributed by atoms with Crippen molar-refractivity contribution in [2.45, 2.75) is 38.8 Å². The van der Waals surface area contributed by atoms with E-state index in [1.807, 2.05) is 30.5 Å². The number of carbonyl (C=O) groups is 1. The molecule has 5 rings (SSSR count). The number of aryl methyl sites for hydroxylation is 1. The highest BCUT2D eigenvalue weighted by Crippen LogP contribution is 2.26. The van der Waals surface area contributed by atoms with Gasteiger partial charge in [0.25, 0.3) is 5.56 Å². The largest absolute Gasteiger partial charge is 0.440 e. The quantitative estimate of drug-likeness (QED) is 0.448. The summed E-state index contributed by atoms with van der Waals surface area (Å²) in [7, 11) is 0. The van der Waals surface area contributed by atoms with Crippen LogP contribution in [0.4, 0.5) is 0 Å². The van der Waals surface area contributed by atoms with E-state index in [-0.39, 0.29) is 30.5 Å². The number of hydrogen-bond acceptors (Lipinski definition) is 7. The number of nitrogens with one attached hydrogen (secondary N) is 1. The van der Waals surface area contributed by atoms with Gasteiger partial charge in [-0.3, -0.25) is 9.59 Å². The molecule has 1 saturated heterocycles. The van der Waals surface area contributed by atoms with Crippen molar-refractivity contribution in [1.82, 2.24) is 19.9 Å². The lowest BCUT2D eigenvalue weighted by Crippen LogP contribution is -2.38. The van der Waals surface area contributed by atoms with E-state index in [0.29, 0.717) is 47.2 Å². The molecule has 1 aromatic carbocycles. The Bertz CT molecular complexity index is 1320. The predicted octanol–water partition coefficient (Wildman–Crippen LogP) is 3.70. The molecule has 1 N–H and O–H groups in total. The maximum Gasteiger partial charge on any atom is 0.258 e. The molecule has 1 amide bonds. The Balaban J connectivity index is 1.39. The van der Waals surface area contributed by atoms with Gasteiger partial charge in [0.15, 0.2) is 0 Å². The average Bonchev–Trinajstić information content (AvgIpc) is 3.57. The Labute approximate surface area is 194 Å². The summed E-state index contributed by atoms with van der Waals surface area (Å²) in [5, 5.41) is 2.48. The minimum absolute atomic E-state index is 0.0267. The number of H-pyrrole nitrogens is 1. The van der Waals surface area contributed by atoms with Crippen molar-refractivity contribution in [3.63, 3.8) is 0 Å². The van der Waals surface area contributed by atoms with Crippen molar-refractivity contribution in [1.29, 1.82) is 0 Å². The maximum atomic E-state index is 13.4. The van der Waals surface area contributed by atoms with Crippen LogP contribution in [0.2, 0.25) is 0 Å². The van der Waals surface area contributed by atoms with Gasteiger partial charge in [-0.05, 0) is 43.3 Å². The van der Waals surface area contributed by atoms with Crippen molar-refractivity contribution in [3.8, 4) is 10.8 Å². The summed E-state index contributed by atoms with van der Waals surface area (Å²) >= 11 is 1.54. The van der Waals surface area contributed by atoms with Gasteiger partial charge >= 0.3 is 0 Å². The summed E-state index contributed by atoms with van der Waals surface area (Å²) in [6, 6.07) is 11.0. The fourth-order valence-electron chi connectivity index (χ4n) is 4.03. The summed E-state index contributed by atoms with van der Waals surface area (Å²) in [6.45, 7) is 3.14. The molecule has 0 spiro atoms. The van der Waals surface area contributed by atoms with Crippen LogP contribution in [0.15, 0.2) is 51.0 Å². The first kappa shape index (κ1) is 21.5. The second-order valence-corrected chi connectivity index (χ2v) is 9.06. The zero-order valence-electron chi connectivity index (χ0n) is 18.2. The smallest absolute Gasteiger partial charge is 0.258 e. The van der Waals surface area contributed by atoms with Gasteiger partial charge in [0.1, 0.15) is 11.6 Å². The Morgan fingerprint density at radius 3 is 2.91 bits per heavy atom. The fourth-order valence-corrected chi connectivity index (χ4v) is 4.68. The minimum Gasteiger partial charge on any atom is -0.440 e. The average molecular weight is 465 g/mol. The molecule has 1 aliphatic heterocycles. The molecule has 9 heteroatoms. The Morgan fingerprint density at radius 2 is 2.12 bits per heavy atom. The van der Waals surface area contributed by atoms with Gasteiger partial charge in [0, 0.05) is 13.2 Å². The second kappa shape index (κ2) is 9.29. The predicted molar refractivity (Wildman–Crippen MR) is 125 cm³/mol. The molecule has 1 aliphatic rings. The topological polar surface area (TPSA) is 101 Å².